The van der Waals surface area contributed by atoms with Crippen molar-refractivity contribution in [1.29, 1.82) is 0 Å². The van der Waals surface area contributed by atoms with Gasteiger partial charge in [0.1, 0.15) is 0 Å². The molecule has 0 radical (unpaired) electrons. The van der Waals surface area contributed by atoms with E-state index in [0.717, 1.165) is 38.0 Å². The molecule has 22 heavy (non-hydrogen) atoms. The second kappa shape index (κ2) is 6.67. The molecule has 0 atom stereocenters. The molecule has 2 saturated heterocycles. The van der Waals surface area contributed by atoms with E-state index in [1.807, 2.05) is 12.1 Å². The number of nitrogens with zero attached hydrogens (tertiary/aromatic N) is 1. The third-order valence-electron chi connectivity index (χ3n) is 4.80. The Morgan fingerprint density at radius 3 is 2.41 bits per heavy atom. The molecule has 1 aromatic rings. The molecular formula is C17H22ClNO3. The van der Waals surface area contributed by atoms with Gasteiger partial charge in [-0.3, -0.25) is 4.79 Å². The largest absolute Gasteiger partial charge is 0.396 e. The minimum atomic E-state index is -0.0764. The number of ether oxygens (including phenoxy) is 1. The van der Waals surface area contributed by atoms with Crippen molar-refractivity contribution in [3.05, 3.63) is 34.9 Å². The highest BCUT2D eigenvalue weighted by Gasteiger charge is 2.40. The van der Waals surface area contributed by atoms with Gasteiger partial charge in [0.2, 0.25) is 0 Å². The normalized spacial score (nSPS) is 22.3. The molecule has 0 spiro atoms. The summed E-state index contributed by atoms with van der Waals surface area (Å²) in [4.78, 5) is 14.9. The molecule has 0 saturated carbocycles. The molecule has 0 aromatic heterocycles. The summed E-state index contributed by atoms with van der Waals surface area (Å²) in [5.74, 6) is 0.320. The Balaban J connectivity index is 1.53. The first-order valence-corrected chi connectivity index (χ1v) is 8.20. The molecule has 2 aliphatic heterocycles. The lowest BCUT2D eigenvalue weighted by Gasteiger charge is -2.44. The molecular weight excluding hydrogens is 302 g/mol. The summed E-state index contributed by atoms with van der Waals surface area (Å²) in [5.41, 5.74) is 0.676. The van der Waals surface area contributed by atoms with Crippen LogP contribution < -0.4 is 0 Å². The van der Waals surface area contributed by atoms with Crippen molar-refractivity contribution >= 4 is 17.4 Å². The van der Waals surface area contributed by atoms with Crippen molar-refractivity contribution in [2.45, 2.75) is 12.8 Å². The van der Waals surface area contributed by atoms with Crippen LogP contribution in [-0.2, 0) is 4.74 Å². The number of hydrogen-bond acceptors (Lipinski definition) is 4. The molecule has 1 N–H and O–H groups in total. The zero-order chi connectivity index (χ0) is 15.6. The number of carbonyl (C=O) groups excluding carboxylic acids is 1. The summed E-state index contributed by atoms with van der Waals surface area (Å²) in [6.07, 6.45) is 1.76. The van der Waals surface area contributed by atoms with Crippen LogP contribution in [0.2, 0.25) is 5.02 Å². The maximum absolute atomic E-state index is 12.5. The van der Waals surface area contributed by atoms with Gasteiger partial charge in [-0.25, -0.2) is 0 Å². The Morgan fingerprint density at radius 2 is 1.91 bits per heavy atom. The van der Waals surface area contributed by atoms with Gasteiger partial charge >= 0.3 is 0 Å². The highest BCUT2D eigenvalue weighted by molar-refractivity contribution is 6.30. The van der Waals surface area contributed by atoms with E-state index in [4.69, 9.17) is 16.3 Å². The lowest BCUT2D eigenvalue weighted by Crippen LogP contribution is -2.54. The smallest absolute Gasteiger partial charge is 0.166 e. The van der Waals surface area contributed by atoms with Crippen LogP contribution in [0, 0.1) is 11.3 Å². The predicted molar refractivity (Wildman–Crippen MR) is 85.3 cm³/mol. The maximum atomic E-state index is 12.5. The number of aliphatic hydroxyl groups excluding tert-OH is 1. The van der Waals surface area contributed by atoms with Crippen LogP contribution in [0.3, 0.4) is 0 Å². The van der Waals surface area contributed by atoms with Crippen molar-refractivity contribution in [3.63, 3.8) is 0 Å². The monoisotopic (exact) mass is 323 g/mol. The summed E-state index contributed by atoms with van der Waals surface area (Å²) in [6.45, 7) is 4.15. The molecule has 1 aromatic carbocycles. The van der Waals surface area contributed by atoms with Crippen molar-refractivity contribution in [3.8, 4) is 0 Å². The number of Topliss-reactive ketones (excluding diaryl/α,β-unsaturated/α-hetero) is 1. The number of likely N-dealkylation sites (tertiary alicyclic amines) is 1. The Bertz CT molecular complexity index is 514. The average molecular weight is 324 g/mol. The van der Waals surface area contributed by atoms with E-state index >= 15 is 0 Å². The fourth-order valence-corrected chi connectivity index (χ4v) is 3.43. The van der Waals surface area contributed by atoms with Crippen LogP contribution in [-0.4, -0.2) is 55.2 Å². The number of benzene rings is 1. The zero-order valence-electron chi connectivity index (χ0n) is 12.6. The van der Waals surface area contributed by atoms with Gasteiger partial charge in [0.25, 0.3) is 0 Å². The van der Waals surface area contributed by atoms with Crippen molar-refractivity contribution in [2.75, 3.05) is 39.5 Å². The Morgan fingerprint density at radius 1 is 1.27 bits per heavy atom. The van der Waals surface area contributed by atoms with Gasteiger partial charge in [-0.1, -0.05) is 11.6 Å². The van der Waals surface area contributed by atoms with E-state index in [9.17, 15) is 9.90 Å². The number of piperidine rings is 1. The molecule has 120 valence electrons. The van der Waals surface area contributed by atoms with Gasteiger partial charge in [0, 0.05) is 23.0 Å². The SMILES string of the molecule is O=C(c1ccc(Cl)cc1)C1CCN(CC2(CO)COC2)CC1. The standard InChI is InChI=1S/C17H22ClNO3/c18-15-3-1-13(2-4-15)16(21)14-5-7-19(8-6-14)9-17(10-20)11-22-12-17/h1-4,14,20H,5-12H2. The quantitative estimate of drug-likeness (QED) is 0.844. The van der Waals surface area contributed by atoms with E-state index in [1.54, 1.807) is 12.1 Å². The number of ketones is 1. The van der Waals surface area contributed by atoms with E-state index in [0.29, 0.717) is 18.2 Å². The summed E-state index contributed by atoms with van der Waals surface area (Å²) in [5, 5.41) is 10.2. The molecule has 2 fully saturated rings. The Kier molecular flexibility index (Phi) is 4.83. The molecule has 4 nitrogen and oxygen atoms in total. The number of aliphatic hydroxyl groups is 1. The maximum Gasteiger partial charge on any atom is 0.166 e. The number of rotatable bonds is 5. The Hall–Kier alpha value is -0.940. The molecule has 2 aliphatic rings. The lowest BCUT2D eigenvalue weighted by atomic mass is 9.84. The minimum Gasteiger partial charge on any atom is -0.396 e. The van der Waals surface area contributed by atoms with Crippen molar-refractivity contribution in [2.24, 2.45) is 11.3 Å². The molecule has 5 heteroatoms. The van der Waals surface area contributed by atoms with Gasteiger partial charge < -0.3 is 14.7 Å². The van der Waals surface area contributed by atoms with E-state index in [2.05, 4.69) is 4.90 Å². The molecule has 0 bridgehead atoms. The van der Waals surface area contributed by atoms with Crippen LogP contribution in [0.4, 0.5) is 0 Å². The fourth-order valence-electron chi connectivity index (χ4n) is 3.30. The summed E-state index contributed by atoms with van der Waals surface area (Å²) >= 11 is 5.87. The Labute approximate surface area is 136 Å². The third kappa shape index (κ3) is 3.35. The van der Waals surface area contributed by atoms with Crippen molar-refractivity contribution < 1.29 is 14.6 Å². The van der Waals surface area contributed by atoms with Crippen molar-refractivity contribution in [1.82, 2.24) is 4.90 Å². The summed E-state index contributed by atoms with van der Waals surface area (Å²) < 4.78 is 5.25. The summed E-state index contributed by atoms with van der Waals surface area (Å²) in [6, 6.07) is 7.16. The van der Waals surface area contributed by atoms with E-state index in [-0.39, 0.29) is 23.7 Å². The molecule has 0 unspecified atom stereocenters. The highest BCUT2D eigenvalue weighted by atomic mass is 35.5. The predicted octanol–water partition coefficient (Wildman–Crippen LogP) is 2.24. The summed E-state index contributed by atoms with van der Waals surface area (Å²) in [7, 11) is 0. The first-order chi connectivity index (χ1) is 10.6. The number of carbonyl (C=O) groups is 1. The van der Waals surface area contributed by atoms with Gasteiger partial charge in [-0.05, 0) is 50.2 Å². The second-order valence-electron chi connectivity index (χ2n) is 6.57. The lowest BCUT2D eigenvalue weighted by molar-refractivity contribution is -0.149. The van der Waals surface area contributed by atoms with Gasteiger partial charge in [-0.2, -0.15) is 0 Å². The van der Waals surface area contributed by atoms with Crippen LogP contribution in [0.15, 0.2) is 24.3 Å². The van der Waals surface area contributed by atoms with E-state index < -0.39 is 0 Å². The second-order valence-corrected chi connectivity index (χ2v) is 7.01. The molecule has 0 aliphatic carbocycles. The van der Waals surface area contributed by atoms with Crippen LogP contribution in [0.25, 0.3) is 0 Å². The third-order valence-corrected chi connectivity index (χ3v) is 5.05. The minimum absolute atomic E-state index is 0.0764. The van der Waals surface area contributed by atoms with Crippen LogP contribution in [0.1, 0.15) is 23.2 Å². The molecule has 3 rings (SSSR count). The fraction of sp³-hybridized carbons (Fsp3) is 0.588. The number of halogens is 1. The molecule has 0 amide bonds. The average Bonchev–Trinajstić information content (AvgIpc) is 2.52. The number of hydrogen-bond donors (Lipinski definition) is 1. The molecule has 2 heterocycles. The van der Waals surface area contributed by atoms with Crippen LogP contribution in [0.5, 0.6) is 0 Å². The zero-order valence-corrected chi connectivity index (χ0v) is 13.4. The van der Waals surface area contributed by atoms with E-state index in [1.165, 1.54) is 0 Å². The first kappa shape index (κ1) is 15.9. The van der Waals surface area contributed by atoms with Gasteiger partial charge in [-0.15, -0.1) is 0 Å². The topological polar surface area (TPSA) is 49.8 Å². The van der Waals surface area contributed by atoms with Crippen LogP contribution >= 0.6 is 11.6 Å². The first-order valence-electron chi connectivity index (χ1n) is 7.83. The van der Waals surface area contributed by atoms with Gasteiger partial charge in [0.15, 0.2) is 5.78 Å². The van der Waals surface area contributed by atoms with Gasteiger partial charge in [0.05, 0.1) is 25.2 Å². The highest BCUT2D eigenvalue weighted by Crippen LogP contribution is 2.30.